The number of halogens is 2. The van der Waals surface area contributed by atoms with E-state index in [-0.39, 0.29) is 18.2 Å². The third-order valence-corrected chi connectivity index (χ3v) is 5.94. The number of hydrogen-bond acceptors (Lipinski definition) is 5. The summed E-state index contributed by atoms with van der Waals surface area (Å²) in [5.74, 6) is 0.510. The second-order valence-electron chi connectivity index (χ2n) is 7.29. The van der Waals surface area contributed by atoms with Crippen LogP contribution in [0.2, 0.25) is 10.0 Å². The van der Waals surface area contributed by atoms with Crippen molar-refractivity contribution in [2.75, 3.05) is 20.3 Å². The molecule has 1 aliphatic rings. The Kier molecular flexibility index (Phi) is 8.70. The number of aliphatic imine (C=N–C) groups is 1. The molecule has 2 aromatic rings. The van der Waals surface area contributed by atoms with Gasteiger partial charge in [-0.1, -0.05) is 29.3 Å². The van der Waals surface area contributed by atoms with Gasteiger partial charge in [-0.3, -0.25) is 9.79 Å². The number of nitrogens with zero attached hydrogens (tertiary/aromatic N) is 1. The predicted molar refractivity (Wildman–Crippen MR) is 128 cm³/mol. The molecule has 1 aliphatic heterocycles. The van der Waals surface area contributed by atoms with Gasteiger partial charge in [0.05, 0.1) is 42.1 Å². The number of ether oxygens (including phenoxy) is 3. The number of benzene rings is 2. The Hall–Kier alpha value is -2.38. The topological polar surface area (TPSA) is 69.2 Å². The molecule has 1 amide bonds. The maximum atomic E-state index is 12.4. The number of amides is 1. The largest absolute Gasteiger partial charge is 0.497 e. The van der Waals surface area contributed by atoms with E-state index in [1.807, 2.05) is 31.2 Å². The highest BCUT2D eigenvalue weighted by Crippen LogP contribution is 2.33. The Morgan fingerprint density at radius 3 is 2.59 bits per heavy atom. The van der Waals surface area contributed by atoms with E-state index in [0.29, 0.717) is 35.2 Å². The van der Waals surface area contributed by atoms with E-state index < -0.39 is 0 Å². The van der Waals surface area contributed by atoms with Crippen molar-refractivity contribution in [3.63, 3.8) is 0 Å². The molecule has 0 spiro atoms. The van der Waals surface area contributed by atoms with Crippen LogP contribution in [0, 0.1) is 0 Å². The number of carbonyl (C=O) groups excluding carboxylic acids is 1. The zero-order valence-electron chi connectivity index (χ0n) is 18.1. The van der Waals surface area contributed by atoms with Crippen molar-refractivity contribution in [2.24, 2.45) is 4.99 Å². The third-order valence-electron chi connectivity index (χ3n) is 5.20. The van der Waals surface area contributed by atoms with Gasteiger partial charge >= 0.3 is 0 Å². The van der Waals surface area contributed by atoms with Crippen LogP contribution in [0.15, 0.2) is 47.5 Å². The van der Waals surface area contributed by atoms with Crippen LogP contribution in [-0.4, -0.2) is 45.3 Å². The SMILES string of the molecule is C=Nc1ccc(OC)cc1/C(=C\C)CCC1OCC(NC(=O)c2ccc(Cl)c(Cl)c2)CO1. The normalized spacial score (nSPS) is 18.8. The number of carbonyl (C=O) groups is 1. The van der Waals surface area contributed by atoms with Gasteiger partial charge in [-0.25, -0.2) is 0 Å². The molecule has 1 saturated heterocycles. The summed E-state index contributed by atoms with van der Waals surface area (Å²) in [7, 11) is 1.63. The van der Waals surface area contributed by atoms with Crippen LogP contribution < -0.4 is 10.1 Å². The Morgan fingerprint density at radius 2 is 1.97 bits per heavy atom. The van der Waals surface area contributed by atoms with E-state index in [0.717, 1.165) is 29.0 Å². The van der Waals surface area contributed by atoms with Gasteiger partial charge in [0.15, 0.2) is 6.29 Å². The average molecular weight is 477 g/mol. The second kappa shape index (κ2) is 11.5. The van der Waals surface area contributed by atoms with Crippen molar-refractivity contribution < 1.29 is 19.0 Å². The molecule has 1 N–H and O–H groups in total. The second-order valence-corrected chi connectivity index (χ2v) is 8.10. The van der Waals surface area contributed by atoms with Crippen LogP contribution in [0.1, 0.15) is 35.7 Å². The lowest BCUT2D eigenvalue weighted by Gasteiger charge is -2.30. The summed E-state index contributed by atoms with van der Waals surface area (Å²) < 4.78 is 17.0. The standard InChI is InChI=1S/C24H26Cl2N2O4/c1-4-15(19-12-18(30-3)7-9-22(19)27-2)6-10-23-31-13-17(14-32-23)28-24(29)16-5-8-20(25)21(26)11-16/h4-5,7-9,11-12,17,23H,2,6,10,13-14H2,1,3H3,(H,28,29)/b15-4-. The van der Waals surface area contributed by atoms with Gasteiger partial charge in [0, 0.05) is 17.5 Å². The third kappa shape index (κ3) is 6.11. The van der Waals surface area contributed by atoms with E-state index in [4.69, 9.17) is 37.4 Å². The highest BCUT2D eigenvalue weighted by Gasteiger charge is 2.24. The molecular weight excluding hydrogens is 451 g/mol. The lowest BCUT2D eigenvalue weighted by Crippen LogP contribution is -2.47. The lowest BCUT2D eigenvalue weighted by molar-refractivity contribution is -0.190. The first kappa shape index (κ1) is 24.3. The molecule has 0 unspecified atom stereocenters. The van der Waals surface area contributed by atoms with Crippen LogP contribution in [-0.2, 0) is 9.47 Å². The molecular formula is C24H26Cl2N2O4. The van der Waals surface area contributed by atoms with Gasteiger partial charge in [0.25, 0.3) is 5.91 Å². The Morgan fingerprint density at radius 1 is 1.22 bits per heavy atom. The minimum atomic E-state index is -0.353. The van der Waals surface area contributed by atoms with Crippen molar-refractivity contribution in [2.45, 2.75) is 32.1 Å². The Bertz CT molecular complexity index is 1000. The van der Waals surface area contributed by atoms with E-state index in [9.17, 15) is 4.79 Å². The van der Waals surface area contributed by atoms with Crippen molar-refractivity contribution in [1.29, 1.82) is 0 Å². The van der Waals surface area contributed by atoms with Gasteiger partial charge < -0.3 is 19.5 Å². The first-order chi connectivity index (χ1) is 15.4. The maximum Gasteiger partial charge on any atom is 0.251 e. The first-order valence-corrected chi connectivity index (χ1v) is 11.0. The van der Waals surface area contributed by atoms with E-state index in [2.05, 4.69) is 17.0 Å². The van der Waals surface area contributed by atoms with Crippen LogP contribution in [0.4, 0.5) is 5.69 Å². The quantitative estimate of drug-likeness (QED) is 0.496. The maximum absolute atomic E-state index is 12.4. The fourth-order valence-corrected chi connectivity index (χ4v) is 3.74. The molecule has 0 aromatic heterocycles. The Labute approximate surface area is 198 Å². The number of allylic oxidation sites excluding steroid dienone is 2. The molecule has 1 heterocycles. The molecule has 0 aliphatic carbocycles. The monoisotopic (exact) mass is 476 g/mol. The van der Waals surface area contributed by atoms with Crippen LogP contribution in [0.5, 0.6) is 5.75 Å². The highest BCUT2D eigenvalue weighted by atomic mass is 35.5. The lowest BCUT2D eigenvalue weighted by atomic mass is 9.98. The van der Waals surface area contributed by atoms with E-state index >= 15 is 0 Å². The molecule has 8 heteroatoms. The summed E-state index contributed by atoms with van der Waals surface area (Å²) in [5.41, 5.74) is 3.32. The smallest absolute Gasteiger partial charge is 0.251 e. The minimum absolute atomic E-state index is 0.246. The molecule has 170 valence electrons. The number of hydrogen-bond donors (Lipinski definition) is 1. The summed E-state index contributed by atoms with van der Waals surface area (Å²) in [6.07, 6.45) is 3.10. The molecule has 6 nitrogen and oxygen atoms in total. The van der Waals surface area contributed by atoms with Gasteiger partial charge in [-0.05, 0) is 62.0 Å². The van der Waals surface area contributed by atoms with Crippen molar-refractivity contribution in [1.82, 2.24) is 5.32 Å². The molecule has 1 fully saturated rings. The number of methoxy groups -OCH3 is 1. The molecule has 3 rings (SSSR count). The molecule has 2 aromatic carbocycles. The molecule has 0 saturated carbocycles. The summed E-state index contributed by atoms with van der Waals surface area (Å²) in [6, 6.07) is 10.2. The van der Waals surface area contributed by atoms with Crippen LogP contribution in [0.25, 0.3) is 5.57 Å². The van der Waals surface area contributed by atoms with Gasteiger partial charge in [0.1, 0.15) is 5.75 Å². The van der Waals surface area contributed by atoms with Crippen LogP contribution in [0.3, 0.4) is 0 Å². The average Bonchev–Trinajstić information content (AvgIpc) is 2.82. The summed E-state index contributed by atoms with van der Waals surface area (Å²) in [6.45, 7) is 6.37. The summed E-state index contributed by atoms with van der Waals surface area (Å²) in [4.78, 5) is 16.5. The minimum Gasteiger partial charge on any atom is -0.497 e. The molecule has 32 heavy (non-hydrogen) atoms. The van der Waals surface area contributed by atoms with Crippen molar-refractivity contribution in [3.05, 3.63) is 63.6 Å². The van der Waals surface area contributed by atoms with Gasteiger partial charge in [-0.15, -0.1) is 0 Å². The van der Waals surface area contributed by atoms with Crippen LogP contribution >= 0.6 is 23.2 Å². The fourth-order valence-electron chi connectivity index (χ4n) is 3.44. The number of rotatable bonds is 8. The zero-order valence-corrected chi connectivity index (χ0v) is 19.6. The molecule has 0 bridgehead atoms. The number of nitrogens with one attached hydrogen (secondary N) is 1. The summed E-state index contributed by atoms with van der Waals surface area (Å²) in [5, 5.41) is 3.63. The fraction of sp³-hybridized carbons (Fsp3) is 0.333. The van der Waals surface area contributed by atoms with Crippen molar-refractivity contribution in [3.8, 4) is 5.75 Å². The molecule has 0 atom stereocenters. The zero-order chi connectivity index (χ0) is 23.1. The molecule has 0 radical (unpaired) electrons. The van der Waals surface area contributed by atoms with Gasteiger partial charge in [-0.2, -0.15) is 0 Å². The predicted octanol–water partition coefficient (Wildman–Crippen LogP) is 5.69. The van der Waals surface area contributed by atoms with E-state index in [1.165, 1.54) is 6.07 Å². The highest BCUT2D eigenvalue weighted by molar-refractivity contribution is 6.42. The van der Waals surface area contributed by atoms with E-state index in [1.54, 1.807) is 19.2 Å². The Balaban J connectivity index is 1.52. The summed E-state index contributed by atoms with van der Waals surface area (Å²) >= 11 is 11.9. The van der Waals surface area contributed by atoms with Gasteiger partial charge in [0.2, 0.25) is 0 Å². The first-order valence-electron chi connectivity index (χ1n) is 10.2. The van der Waals surface area contributed by atoms with Crippen molar-refractivity contribution >= 4 is 47.1 Å².